The van der Waals surface area contributed by atoms with Crippen LogP contribution in [0.25, 0.3) is 0 Å². The average molecular weight is 191 g/mol. The van der Waals surface area contributed by atoms with Gasteiger partial charge in [-0.1, -0.05) is 29.8 Å². The van der Waals surface area contributed by atoms with Gasteiger partial charge in [0.05, 0.1) is 6.10 Å². The number of benzene rings is 1. The monoisotopic (exact) mass is 191 g/mol. The molecule has 1 atom stereocenters. The van der Waals surface area contributed by atoms with Crippen molar-refractivity contribution in [2.45, 2.75) is 19.4 Å². The van der Waals surface area contributed by atoms with Crippen molar-refractivity contribution in [1.82, 2.24) is 5.32 Å². The van der Waals surface area contributed by atoms with Crippen LogP contribution in [-0.2, 0) is 6.42 Å². The Morgan fingerprint density at radius 2 is 2.00 bits per heavy atom. The normalized spacial score (nSPS) is 19.0. The number of aliphatic hydroxyl groups is 1. The Labute approximate surface area is 85.0 Å². The van der Waals surface area contributed by atoms with Gasteiger partial charge < -0.3 is 10.4 Å². The minimum atomic E-state index is -0.182. The van der Waals surface area contributed by atoms with Crippen LogP contribution in [-0.4, -0.2) is 24.3 Å². The lowest BCUT2D eigenvalue weighted by Crippen LogP contribution is -2.49. The minimum absolute atomic E-state index is 0.182. The van der Waals surface area contributed by atoms with E-state index in [9.17, 15) is 5.11 Å². The number of aliphatic hydroxyl groups excluding tert-OH is 1. The summed E-state index contributed by atoms with van der Waals surface area (Å²) in [5, 5.41) is 13.0. The summed E-state index contributed by atoms with van der Waals surface area (Å²) in [5.41, 5.74) is 2.50. The molecule has 76 valence electrons. The number of nitrogens with one attached hydrogen (secondary N) is 1. The number of hydrogen-bond donors (Lipinski definition) is 2. The first-order chi connectivity index (χ1) is 6.75. The van der Waals surface area contributed by atoms with Crippen molar-refractivity contribution in [3.8, 4) is 0 Å². The second kappa shape index (κ2) is 4.11. The molecule has 0 bridgehead atoms. The van der Waals surface area contributed by atoms with Gasteiger partial charge in [-0.2, -0.15) is 0 Å². The van der Waals surface area contributed by atoms with E-state index in [0.717, 1.165) is 19.5 Å². The van der Waals surface area contributed by atoms with E-state index in [1.807, 2.05) is 0 Å². The molecule has 2 rings (SSSR count). The molecule has 1 aromatic rings. The zero-order valence-electron chi connectivity index (χ0n) is 8.53. The van der Waals surface area contributed by atoms with Gasteiger partial charge in [-0.15, -0.1) is 0 Å². The van der Waals surface area contributed by atoms with Gasteiger partial charge in [0.2, 0.25) is 0 Å². The first-order valence-corrected chi connectivity index (χ1v) is 5.20. The Bertz CT molecular complexity index is 290. The fourth-order valence-electron chi connectivity index (χ4n) is 1.72. The van der Waals surface area contributed by atoms with E-state index >= 15 is 0 Å². The third-order valence-corrected chi connectivity index (χ3v) is 2.92. The first-order valence-electron chi connectivity index (χ1n) is 5.20. The van der Waals surface area contributed by atoms with Crippen LogP contribution in [0, 0.1) is 12.8 Å². The maximum atomic E-state index is 9.85. The Morgan fingerprint density at radius 1 is 1.36 bits per heavy atom. The summed E-state index contributed by atoms with van der Waals surface area (Å²) in [5.74, 6) is 0.455. The fourth-order valence-corrected chi connectivity index (χ4v) is 1.72. The van der Waals surface area contributed by atoms with Crippen molar-refractivity contribution in [1.29, 1.82) is 0 Å². The van der Waals surface area contributed by atoms with Crippen LogP contribution in [0.1, 0.15) is 11.1 Å². The van der Waals surface area contributed by atoms with E-state index in [2.05, 4.69) is 36.5 Å². The SMILES string of the molecule is Cc1ccc(CC(O)C2CNC2)cc1. The molecule has 1 aliphatic rings. The van der Waals surface area contributed by atoms with Crippen LogP contribution in [0.4, 0.5) is 0 Å². The summed E-state index contributed by atoms with van der Waals surface area (Å²) in [6.07, 6.45) is 0.603. The molecule has 1 heterocycles. The Balaban J connectivity index is 1.92. The molecule has 0 aromatic heterocycles. The van der Waals surface area contributed by atoms with Gasteiger partial charge in [0.15, 0.2) is 0 Å². The highest BCUT2D eigenvalue weighted by Gasteiger charge is 2.24. The number of hydrogen-bond acceptors (Lipinski definition) is 2. The second-order valence-electron chi connectivity index (χ2n) is 4.18. The standard InChI is InChI=1S/C12H17NO/c1-9-2-4-10(5-3-9)6-12(14)11-7-13-8-11/h2-5,11-14H,6-8H2,1H3. The second-order valence-corrected chi connectivity index (χ2v) is 4.18. The van der Waals surface area contributed by atoms with Crippen molar-refractivity contribution in [3.05, 3.63) is 35.4 Å². The van der Waals surface area contributed by atoms with E-state index in [1.165, 1.54) is 11.1 Å². The molecule has 0 radical (unpaired) electrons. The van der Waals surface area contributed by atoms with Gasteiger partial charge in [0.1, 0.15) is 0 Å². The van der Waals surface area contributed by atoms with Crippen LogP contribution in [0.2, 0.25) is 0 Å². The molecule has 14 heavy (non-hydrogen) atoms. The highest BCUT2D eigenvalue weighted by atomic mass is 16.3. The third kappa shape index (κ3) is 2.14. The van der Waals surface area contributed by atoms with Gasteiger partial charge in [-0.3, -0.25) is 0 Å². The van der Waals surface area contributed by atoms with Crippen LogP contribution in [0.15, 0.2) is 24.3 Å². The highest BCUT2D eigenvalue weighted by molar-refractivity contribution is 5.22. The van der Waals surface area contributed by atoms with Crippen molar-refractivity contribution in [2.75, 3.05) is 13.1 Å². The van der Waals surface area contributed by atoms with Gasteiger partial charge >= 0.3 is 0 Å². The van der Waals surface area contributed by atoms with Crippen LogP contribution >= 0.6 is 0 Å². The molecule has 1 aromatic carbocycles. The lowest BCUT2D eigenvalue weighted by atomic mass is 9.91. The Hall–Kier alpha value is -0.860. The third-order valence-electron chi connectivity index (χ3n) is 2.92. The van der Waals surface area contributed by atoms with Gasteiger partial charge in [-0.05, 0) is 18.9 Å². The van der Waals surface area contributed by atoms with Crippen molar-refractivity contribution in [3.63, 3.8) is 0 Å². The molecule has 2 N–H and O–H groups in total. The molecule has 0 amide bonds. The maximum Gasteiger partial charge on any atom is 0.0632 e. The molecule has 0 saturated carbocycles. The summed E-state index contributed by atoms with van der Waals surface area (Å²) in [7, 11) is 0. The summed E-state index contributed by atoms with van der Waals surface area (Å²) >= 11 is 0. The van der Waals surface area contributed by atoms with Crippen LogP contribution in [0.5, 0.6) is 0 Å². The lowest BCUT2D eigenvalue weighted by molar-refractivity contribution is 0.0772. The molecular formula is C12H17NO. The topological polar surface area (TPSA) is 32.3 Å². The zero-order valence-corrected chi connectivity index (χ0v) is 8.53. The van der Waals surface area contributed by atoms with Crippen LogP contribution in [0.3, 0.4) is 0 Å². The highest BCUT2D eigenvalue weighted by Crippen LogP contribution is 2.14. The molecule has 1 saturated heterocycles. The lowest BCUT2D eigenvalue weighted by Gasteiger charge is -2.31. The molecule has 0 aliphatic carbocycles. The Morgan fingerprint density at radius 3 is 2.50 bits per heavy atom. The molecule has 1 fully saturated rings. The largest absolute Gasteiger partial charge is 0.392 e. The fraction of sp³-hybridized carbons (Fsp3) is 0.500. The Kier molecular flexibility index (Phi) is 2.85. The quantitative estimate of drug-likeness (QED) is 0.750. The molecule has 0 spiro atoms. The van der Waals surface area contributed by atoms with E-state index < -0.39 is 0 Å². The number of rotatable bonds is 3. The number of aryl methyl sites for hydroxylation is 1. The summed E-state index contributed by atoms with van der Waals surface area (Å²) in [6.45, 7) is 4.01. The van der Waals surface area contributed by atoms with Crippen molar-refractivity contribution < 1.29 is 5.11 Å². The predicted molar refractivity (Wildman–Crippen MR) is 57.2 cm³/mol. The summed E-state index contributed by atoms with van der Waals surface area (Å²) < 4.78 is 0. The smallest absolute Gasteiger partial charge is 0.0632 e. The van der Waals surface area contributed by atoms with E-state index in [0.29, 0.717) is 5.92 Å². The van der Waals surface area contributed by atoms with Crippen molar-refractivity contribution in [2.24, 2.45) is 5.92 Å². The predicted octanol–water partition coefficient (Wildman–Crippen LogP) is 1.12. The molecule has 2 nitrogen and oxygen atoms in total. The van der Waals surface area contributed by atoms with E-state index in [1.54, 1.807) is 0 Å². The summed E-state index contributed by atoms with van der Waals surface area (Å²) in [4.78, 5) is 0. The van der Waals surface area contributed by atoms with Crippen LogP contribution < -0.4 is 5.32 Å². The van der Waals surface area contributed by atoms with E-state index in [4.69, 9.17) is 0 Å². The molecule has 1 aliphatic heterocycles. The molecule has 2 heteroatoms. The van der Waals surface area contributed by atoms with E-state index in [-0.39, 0.29) is 6.10 Å². The zero-order chi connectivity index (χ0) is 9.97. The molecule has 1 unspecified atom stereocenters. The van der Waals surface area contributed by atoms with Gasteiger partial charge in [0, 0.05) is 19.0 Å². The van der Waals surface area contributed by atoms with Gasteiger partial charge in [0.25, 0.3) is 0 Å². The molecular weight excluding hydrogens is 174 g/mol. The van der Waals surface area contributed by atoms with Gasteiger partial charge in [-0.25, -0.2) is 0 Å². The van der Waals surface area contributed by atoms with Crippen molar-refractivity contribution >= 4 is 0 Å². The maximum absolute atomic E-state index is 9.85. The minimum Gasteiger partial charge on any atom is -0.392 e. The average Bonchev–Trinajstić information content (AvgIpc) is 2.06. The first kappa shape index (κ1) is 9.69. The summed E-state index contributed by atoms with van der Waals surface area (Å²) in [6, 6.07) is 8.40.